The number of hydrogen-bond acceptors (Lipinski definition) is 13. The van der Waals surface area contributed by atoms with Crippen molar-refractivity contribution in [2.45, 2.75) is 13.3 Å². The van der Waals surface area contributed by atoms with Gasteiger partial charge in [-0.05, 0) is 6.42 Å². The zero-order valence-corrected chi connectivity index (χ0v) is 35.5. The highest BCUT2D eigenvalue weighted by Crippen LogP contribution is 2.26. The van der Waals surface area contributed by atoms with Crippen molar-refractivity contribution in [3.8, 4) is 0 Å². The summed E-state index contributed by atoms with van der Waals surface area (Å²) < 4.78 is 75.3. The molecule has 0 spiro atoms. The molecule has 47 heavy (non-hydrogen) atoms. The second-order valence-corrected chi connectivity index (χ2v) is 14.2. The van der Waals surface area contributed by atoms with Gasteiger partial charge in [-0.2, -0.15) is 0 Å². The third-order valence-electron chi connectivity index (χ3n) is 5.72. The Kier molecular flexibility index (Phi) is 39.1. The first-order valence-electron chi connectivity index (χ1n) is 15.4. The molecular weight excluding hydrogens is 956 g/mol. The Hall–Kier alpha value is 1.88. The summed E-state index contributed by atoms with van der Waals surface area (Å²) in [5, 5.41) is 3.51. The topological polar surface area (TPSA) is 120 Å². The van der Waals surface area contributed by atoms with E-state index < -0.39 is 10.8 Å². The lowest BCUT2D eigenvalue weighted by Crippen LogP contribution is -2.46. The Bertz CT molecular complexity index is 513. The number of rotatable bonds is 40. The highest BCUT2D eigenvalue weighted by molar-refractivity contribution is 9.09. The van der Waals surface area contributed by atoms with Crippen LogP contribution in [-0.4, -0.2) is 160 Å². The molecule has 0 saturated carbocycles. The minimum atomic E-state index is -0.732. The van der Waals surface area contributed by atoms with E-state index in [2.05, 4.69) is 79.6 Å². The average molecular weight is 1010 g/mol. The predicted molar refractivity (Wildman–Crippen MR) is 196 cm³/mol. The van der Waals surface area contributed by atoms with Crippen LogP contribution < -0.4 is 0 Å². The van der Waals surface area contributed by atoms with Crippen LogP contribution in [-0.2, 0) is 61.6 Å². The summed E-state index contributed by atoms with van der Waals surface area (Å²) in [7, 11) is 0. The predicted octanol–water partition coefficient (Wildman–Crippen LogP) is 5.30. The molecule has 0 bridgehead atoms. The molecule has 0 aliphatic rings. The van der Waals surface area contributed by atoms with Crippen molar-refractivity contribution < 1.29 is 61.6 Å². The van der Waals surface area contributed by atoms with Gasteiger partial charge < -0.3 is 61.6 Å². The standard InChI is InChI=1S/C29H55Br5O13/c1-2-8-35-22-42-16-28(17-43-23-36-9-3-30,18-44-24-37-10-4-31)14-41-15-29(19-45-25-38-11-5-32,20-46-26-39-12-6-33)21-47-27-40-13-7-34/h2-27H2,1H3. The molecule has 0 heterocycles. The summed E-state index contributed by atoms with van der Waals surface area (Å²) in [5.74, 6) is 0. The van der Waals surface area contributed by atoms with Crippen molar-refractivity contribution in [3.63, 3.8) is 0 Å². The molecule has 13 nitrogen and oxygen atoms in total. The van der Waals surface area contributed by atoms with Gasteiger partial charge in [0, 0.05) is 33.3 Å². The average Bonchev–Trinajstić information content (AvgIpc) is 3.07. The SMILES string of the molecule is CCCOCOCC(COCOCCBr)(COCOCCBr)COCC(COCOCCBr)(COCOCCBr)COCOCCBr. The number of ether oxygens (including phenoxy) is 13. The molecule has 0 amide bonds. The lowest BCUT2D eigenvalue weighted by molar-refractivity contribution is -0.192. The third-order valence-corrected chi connectivity index (χ3v) is 7.34. The fraction of sp³-hybridized carbons (Fsp3) is 1.00. The summed E-state index contributed by atoms with van der Waals surface area (Å²) in [5.41, 5.74) is -1.46. The van der Waals surface area contributed by atoms with Crippen LogP contribution >= 0.6 is 79.6 Å². The van der Waals surface area contributed by atoms with Crippen LogP contribution in [0.1, 0.15) is 13.3 Å². The molecule has 0 aromatic carbocycles. The Morgan fingerprint density at radius 1 is 0.298 bits per heavy atom. The van der Waals surface area contributed by atoms with E-state index in [-0.39, 0.29) is 93.6 Å². The molecule has 0 aliphatic heterocycles. The Balaban J connectivity index is 5.87. The summed E-state index contributed by atoms with van der Waals surface area (Å²) in [6, 6.07) is 0. The molecule has 0 fully saturated rings. The molecule has 0 saturated heterocycles. The fourth-order valence-electron chi connectivity index (χ4n) is 3.66. The van der Waals surface area contributed by atoms with Gasteiger partial charge in [-0.1, -0.05) is 86.6 Å². The van der Waals surface area contributed by atoms with E-state index >= 15 is 0 Å². The van der Waals surface area contributed by atoms with E-state index in [1.54, 1.807) is 0 Å². The summed E-state index contributed by atoms with van der Waals surface area (Å²) in [6.45, 7) is 7.69. The number of alkyl halides is 5. The van der Waals surface area contributed by atoms with Crippen molar-refractivity contribution in [1.29, 1.82) is 0 Å². The molecule has 0 atom stereocenters. The van der Waals surface area contributed by atoms with Crippen LogP contribution in [0.2, 0.25) is 0 Å². The van der Waals surface area contributed by atoms with Crippen LogP contribution in [0.4, 0.5) is 0 Å². The van der Waals surface area contributed by atoms with Gasteiger partial charge in [0.15, 0.2) is 0 Å². The summed E-state index contributed by atoms with van der Waals surface area (Å²) in [6.07, 6.45) is 0.886. The minimum Gasteiger partial charge on any atom is -0.380 e. The van der Waals surface area contributed by atoms with Crippen molar-refractivity contribution in [1.82, 2.24) is 0 Å². The van der Waals surface area contributed by atoms with Gasteiger partial charge in [0.1, 0.15) is 40.8 Å². The summed E-state index contributed by atoms with van der Waals surface area (Å²) in [4.78, 5) is 0. The molecule has 0 aromatic heterocycles. The van der Waals surface area contributed by atoms with Gasteiger partial charge in [0.05, 0.1) is 96.7 Å². The molecule has 284 valence electrons. The fourth-order valence-corrected chi connectivity index (χ4v) is 4.80. The highest BCUT2D eigenvalue weighted by Gasteiger charge is 2.37. The van der Waals surface area contributed by atoms with E-state index in [1.807, 2.05) is 6.92 Å². The van der Waals surface area contributed by atoms with E-state index in [4.69, 9.17) is 61.6 Å². The molecule has 0 radical (unpaired) electrons. The van der Waals surface area contributed by atoms with Crippen LogP contribution in [0.5, 0.6) is 0 Å². The van der Waals surface area contributed by atoms with Crippen molar-refractivity contribution >= 4 is 79.6 Å². The first-order chi connectivity index (χ1) is 23.1. The van der Waals surface area contributed by atoms with E-state index in [1.165, 1.54) is 0 Å². The maximum atomic E-state index is 6.47. The van der Waals surface area contributed by atoms with Gasteiger partial charge >= 0.3 is 0 Å². The first kappa shape index (κ1) is 48.9. The summed E-state index contributed by atoms with van der Waals surface area (Å²) >= 11 is 16.8. The second-order valence-electron chi connectivity index (χ2n) is 10.2. The van der Waals surface area contributed by atoms with Crippen molar-refractivity contribution in [2.24, 2.45) is 10.8 Å². The zero-order chi connectivity index (χ0) is 34.6. The van der Waals surface area contributed by atoms with Crippen LogP contribution in [0, 0.1) is 10.8 Å². The van der Waals surface area contributed by atoms with E-state index in [0.717, 1.165) is 6.42 Å². The van der Waals surface area contributed by atoms with Crippen LogP contribution in [0.25, 0.3) is 0 Å². The zero-order valence-electron chi connectivity index (χ0n) is 27.6. The van der Waals surface area contributed by atoms with Gasteiger partial charge in [-0.3, -0.25) is 0 Å². The number of halogens is 5. The maximum absolute atomic E-state index is 6.47. The lowest BCUT2D eigenvalue weighted by Gasteiger charge is -2.36. The Morgan fingerprint density at radius 3 is 0.723 bits per heavy atom. The maximum Gasteiger partial charge on any atom is 0.146 e. The third kappa shape index (κ3) is 30.1. The minimum absolute atomic E-state index is 0.105. The molecule has 0 unspecified atom stereocenters. The first-order valence-corrected chi connectivity index (χ1v) is 21.0. The van der Waals surface area contributed by atoms with Crippen molar-refractivity contribution in [3.05, 3.63) is 0 Å². The molecule has 18 heteroatoms. The lowest BCUT2D eigenvalue weighted by atomic mass is 9.90. The Labute approximate surface area is 323 Å². The van der Waals surface area contributed by atoms with Gasteiger partial charge in [0.2, 0.25) is 0 Å². The monoisotopic (exact) mass is 1010 g/mol. The van der Waals surface area contributed by atoms with Crippen LogP contribution in [0.15, 0.2) is 0 Å². The van der Waals surface area contributed by atoms with Crippen LogP contribution in [0.3, 0.4) is 0 Å². The quantitative estimate of drug-likeness (QED) is 0.0449. The molecular formula is C29H55Br5O13. The second kappa shape index (κ2) is 37.6. The van der Waals surface area contributed by atoms with Gasteiger partial charge in [-0.25, -0.2) is 0 Å². The molecule has 0 aromatic rings. The smallest absolute Gasteiger partial charge is 0.146 e. The Morgan fingerprint density at radius 2 is 0.511 bits per heavy atom. The molecule has 0 N–H and O–H groups in total. The largest absolute Gasteiger partial charge is 0.380 e. The van der Waals surface area contributed by atoms with Gasteiger partial charge in [0.25, 0.3) is 0 Å². The molecule has 0 rings (SSSR count). The molecule has 0 aliphatic carbocycles. The van der Waals surface area contributed by atoms with Gasteiger partial charge in [-0.15, -0.1) is 0 Å². The normalized spacial score (nSPS) is 12.4. The number of hydrogen-bond donors (Lipinski definition) is 0. The van der Waals surface area contributed by atoms with Crippen molar-refractivity contribution in [2.75, 3.05) is 160 Å². The van der Waals surface area contributed by atoms with E-state index in [0.29, 0.717) is 66.3 Å². The highest BCUT2D eigenvalue weighted by atomic mass is 79.9. The van der Waals surface area contributed by atoms with E-state index in [9.17, 15) is 0 Å².